The molecule has 0 aliphatic heterocycles. The van der Waals surface area contributed by atoms with Crippen LogP contribution in [0.4, 0.5) is 0 Å². The molecule has 0 heterocycles. The van der Waals surface area contributed by atoms with Gasteiger partial charge in [0.05, 0.1) is 6.04 Å². The monoisotopic (exact) mass is 231 g/mol. The van der Waals surface area contributed by atoms with E-state index < -0.39 is 11.9 Å². The molecular weight excluding hydrogens is 210 g/mol. The standard InChI is InChI=1S/C10H21N3OS/c1-2-15-8-4-3-7(5-8)13-6-9(11)10(12)14/h7-9,13H,2-6,11H2,1H3,(H2,12,14). The second-order valence-electron chi connectivity index (χ2n) is 4.00. The van der Waals surface area contributed by atoms with Gasteiger partial charge in [0.25, 0.3) is 0 Å². The Morgan fingerprint density at radius 3 is 2.93 bits per heavy atom. The van der Waals surface area contributed by atoms with E-state index in [4.69, 9.17) is 11.5 Å². The molecule has 1 aliphatic carbocycles. The van der Waals surface area contributed by atoms with Crippen molar-refractivity contribution in [1.29, 1.82) is 0 Å². The van der Waals surface area contributed by atoms with E-state index in [2.05, 4.69) is 12.2 Å². The van der Waals surface area contributed by atoms with Gasteiger partial charge in [0.2, 0.25) is 5.91 Å². The Morgan fingerprint density at radius 1 is 1.60 bits per heavy atom. The van der Waals surface area contributed by atoms with Gasteiger partial charge < -0.3 is 16.8 Å². The van der Waals surface area contributed by atoms with Gasteiger partial charge in [0.1, 0.15) is 0 Å². The van der Waals surface area contributed by atoms with Crippen LogP contribution in [-0.2, 0) is 4.79 Å². The maximum absolute atomic E-state index is 10.7. The van der Waals surface area contributed by atoms with Crippen LogP contribution in [0.3, 0.4) is 0 Å². The van der Waals surface area contributed by atoms with Gasteiger partial charge in [0.15, 0.2) is 0 Å². The molecule has 88 valence electrons. The summed E-state index contributed by atoms with van der Waals surface area (Å²) in [6.07, 6.45) is 3.63. The molecule has 0 aromatic rings. The highest BCUT2D eigenvalue weighted by Crippen LogP contribution is 2.29. The van der Waals surface area contributed by atoms with Crippen molar-refractivity contribution in [3.63, 3.8) is 0 Å². The Labute approximate surface area is 95.5 Å². The zero-order valence-electron chi connectivity index (χ0n) is 9.24. The fourth-order valence-corrected chi connectivity index (χ4v) is 3.05. The van der Waals surface area contributed by atoms with E-state index >= 15 is 0 Å². The zero-order chi connectivity index (χ0) is 11.3. The van der Waals surface area contributed by atoms with Crippen molar-refractivity contribution in [3.05, 3.63) is 0 Å². The predicted molar refractivity (Wildman–Crippen MR) is 64.7 cm³/mol. The van der Waals surface area contributed by atoms with Crippen molar-refractivity contribution in [2.24, 2.45) is 11.5 Å². The van der Waals surface area contributed by atoms with Crippen molar-refractivity contribution in [2.75, 3.05) is 12.3 Å². The highest BCUT2D eigenvalue weighted by molar-refractivity contribution is 7.99. The number of hydrogen-bond acceptors (Lipinski definition) is 4. The molecule has 1 rings (SSSR count). The van der Waals surface area contributed by atoms with Crippen molar-refractivity contribution >= 4 is 17.7 Å². The molecule has 0 radical (unpaired) electrons. The maximum Gasteiger partial charge on any atom is 0.235 e. The number of thioether (sulfide) groups is 1. The molecule has 3 atom stereocenters. The van der Waals surface area contributed by atoms with Crippen LogP contribution in [0, 0.1) is 0 Å². The number of nitrogens with one attached hydrogen (secondary N) is 1. The van der Waals surface area contributed by atoms with Gasteiger partial charge >= 0.3 is 0 Å². The van der Waals surface area contributed by atoms with Gasteiger partial charge in [-0.3, -0.25) is 4.79 Å². The molecule has 5 heteroatoms. The van der Waals surface area contributed by atoms with E-state index in [1.54, 1.807) is 0 Å². The summed E-state index contributed by atoms with van der Waals surface area (Å²) in [6.45, 7) is 2.69. The molecule has 1 aliphatic rings. The minimum Gasteiger partial charge on any atom is -0.368 e. The molecule has 15 heavy (non-hydrogen) atoms. The third kappa shape index (κ3) is 4.40. The van der Waals surface area contributed by atoms with Crippen molar-refractivity contribution in [2.45, 2.75) is 43.5 Å². The molecule has 0 aromatic heterocycles. The topological polar surface area (TPSA) is 81.1 Å². The molecular formula is C10H21N3OS. The Morgan fingerprint density at radius 2 is 2.33 bits per heavy atom. The van der Waals surface area contributed by atoms with E-state index in [1.165, 1.54) is 25.0 Å². The third-order valence-electron chi connectivity index (χ3n) is 2.78. The van der Waals surface area contributed by atoms with Gasteiger partial charge in [-0.25, -0.2) is 0 Å². The lowest BCUT2D eigenvalue weighted by atomic mass is 10.2. The fraction of sp³-hybridized carbons (Fsp3) is 0.900. The van der Waals surface area contributed by atoms with E-state index in [-0.39, 0.29) is 0 Å². The first kappa shape index (κ1) is 12.8. The summed E-state index contributed by atoms with van der Waals surface area (Å²) in [4.78, 5) is 10.7. The summed E-state index contributed by atoms with van der Waals surface area (Å²) in [6, 6.07) is -0.0395. The molecule has 5 N–H and O–H groups in total. The molecule has 0 aromatic carbocycles. The minimum absolute atomic E-state index is 0.431. The second kappa shape index (κ2) is 6.35. The summed E-state index contributed by atoms with van der Waals surface area (Å²) in [7, 11) is 0. The largest absolute Gasteiger partial charge is 0.368 e. The number of rotatable bonds is 6. The number of carbonyl (C=O) groups is 1. The molecule has 4 nitrogen and oxygen atoms in total. The van der Waals surface area contributed by atoms with Crippen molar-refractivity contribution in [1.82, 2.24) is 5.32 Å². The number of hydrogen-bond donors (Lipinski definition) is 3. The highest BCUT2D eigenvalue weighted by Gasteiger charge is 2.24. The molecule has 1 amide bonds. The van der Waals surface area contributed by atoms with Crippen LogP contribution >= 0.6 is 11.8 Å². The van der Waals surface area contributed by atoms with Crippen molar-refractivity contribution in [3.8, 4) is 0 Å². The first-order chi connectivity index (χ1) is 7.13. The smallest absolute Gasteiger partial charge is 0.235 e. The first-order valence-corrected chi connectivity index (χ1v) is 6.58. The van der Waals surface area contributed by atoms with Crippen LogP contribution in [0.5, 0.6) is 0 Å². The Hall–Kier alpha value is -0.260. The quantitative estimate of drug-likeness (QED) is 0.604. The first-order valence-electron chi connectivity index (χ1n) is 5.53. The van der Waals surface area contributed by atoms with E-state index in [0.29, 0.717) is 12.6 Å². The van der Waals surface area contributed by atoms with E-state index in [9.17, 15) is 4.79 Å². The molecule has 0 spiro atoms. The van der Waals surface area contributed by atoms with Gasteiger partial charge in [-0.2, -0.15) is 11.8 Å². The lowest BCUT2D eigenvalue weighted by Crippen LogP contribution is -2.46. The predicted octanol–water partition coefficient (Wildman–Crippen LogP) is 0.0628. The van der Waals surface area contributed by atoms with Crippen LogP contribution in [0.1, 0.15) is 26.2 Å². The number of amides is 1. The number of carbonyl (C=O) groups excluding carboxylic acids is 1. The van der Waals surface area contributed by atoms with E-state index in [1.807, 2.05) is 11.8 Å². The summed E-state index contributed by atoms with van der Waals surface area (Å²) in [5.41, 5.74) is 10.6. The van der Waals surface area contributed by atoms with Gasteiger partial charge in [-0.1, -0.05) is 6.92 Å². The summed E-state index contributed by atoms with van der Waals surface area (Å²) >= 11 is 2.02. The zero-order valence-corrected chi connectivity index (χ0v) is 10.1. The average Bonchev–Trinajstić information content (AvgIpc) is 2.62. The maximum atomic E-state index is 10.7. The van der Waals surface area contributed by atoms with Crippen LogP contribution in [-0.4, -0.2) is 35.5 Å². The third-order valence-corrected chi connectivity index (χ3v) is 4.01. The number of nitrogens with two attached hydrogens (primary N) is 2. The van der Waals surface area contributed by atoms with Gasteiger partial charge in [-0.05, 0) is 25.0 Å². The molecule has 1 fully saturated rings. The average molecular weight is 231 g/mol. The van der Waals surface area contributed by atoms with Crippen LogP contribution in [0.2, 0.25) is 0 Å². The highest BCUT2D eigenvalue weighted by atomic mass is 32.2. The summed E-state index contributed by atoms with van der Waals surface area (Å²) < 4.78 is 0. The lowest BCUT2D eigenvalue weighted by molar-refractivity contribution is -0.119. The second-order valence-corrected chi connectivity index (χ2v) is 5.58. The van der Waals surface area contributed by atoms with Crippen LogP contribution in [0.25, 0.3) is 0 Å². The lowest BCUT2D eigenvalue weighted by Gasteiger charge is -2.15. The summed E-state index contributed by atoms with van der Waals surface area (Å²) in [5.74, 6) is 0.748. The molecule has 1 saturated carbocycles. The van der Waals surface area contributed by atoms with Gasteiger partial charge in [0, 0.05) is 17.8 Å². The van der Waals surface area contributed by atoms with Crippen molar-refractivity contribution < 1.29 is 4.79 Å². The molecule has 0 bridgehead atoms. The van der Waals surface area contributed by atoms with Crippen LogP contribution < -0.4 is 16.8 Å². The SMILES string of the molecule is CCSC1CCC(NCC(N)C(N)=O)C1. The normalized spacial score (nSPS) is 27.9. The fourth-order valence-electron chi connectivity index (χ4n) is 1.91. The number of primary amides is 1. The Kier molecular flexibility index (Phi) is 5.42. The summed E-state index contributed by atoms with van der Waals surface area (Å²) in [5, 5.41) is 4.09. The molecule has 0 saturated heterocycles. The molecule has 3 unspecified atom stereocenters. The Bertz CT molecular complexity index is 213. The van der Waals surface area contributed by atoms with Gasteiger partial charge in [-0.15, -0.1) is 0 Å². The Balaban J connectivity index is 2.16. The van der Waals surface area contributed by atoms with Crippen LogP contribution in [0.15, 0.2) is 0 Å². The van der Waals surface area contributed by atoms with E-state index in [0.717, 1.165) is 5.25 Å². The minimum atomic E-state index is -0.553.